The fraction of sp³-hybridized carbons (Fsp3) is 0.333. The van der Waals surface area contributed by atoms with Gasteiger partial charge in [0.05, 0.1) is 4.67 Å². The minimum Gasteiger partial charge on any atom is -0.202 e. The van der Waals surface area contributed by atoms with Crippen LogP contribution in [0, 0.1) is 0 Å². The van der Waals surface area contributed by atoms with Gasteiger partial charge in [-0.05, 0) is 0 Å². The second-order valence-corrected chi connectivity index (χ2v) is 1.76. The van der Waals surface area contributed by atoms with Gasteiger partial charge in [0.2, 0.25) is 0 Å². The molecule has 0 aromatic heterocycles. The summed E-state index contributed by atoms with van der Waals surface area (Å²) in [4.78, 5) is 0. The van der Waals surface area contributed by atoms with E-state index in [1.165, 1.54) is 6.08 Å². The molecule has 0 aliphatic rings. The van der Waals surface area contributed by atoms with Gasteiger partial charge >= 0.3 is 8.25 Å². The van der Waals surface area contributed by atoms with Gasteiger partial charge in [-0.1, -0.05) is 6.08 Å². The molecule has 46 valence electrons. The first kappa shape index (κ1) is 7.72. The summed E-state index contributed by atoms with van der Waals surface area (Å²) in [5, 5.41) is 7.62. The van der Waals surface area contributed by atoms with E-state index in [1.807, 2.05) is 0 Å². The quantitative estimate of drug-likeness (QED) is 0.275. The van der Waals surface area contributed by atoms with E-state index >= 15 is 0 Å². The van der Waals surface area contributed by atoms with Crippen LogP contribution in [0.25, 0.3) is 0 Å². The van der Waals surface area contributed by atoms with E-state index in [0.29, 0.717) is 0 Å². The monoisotopic (exact) mass is 137 g/mol. The first-order chi connectivity index (χ1) is 3.81. The molecule has 0 aromatic carbocycles. The largest absolute Gasteiger partial charge is 0.728 e. The third-order valence-corrected chi connectivity index (χ3v) is 0.858. The van der Waals surface area contributed by atoms with Gasteiger partial charge < -0.3 is 0 Å². The van der Waals surface area contributed by atoms with Crippen LogP contribution in [0.4, 0.5) is 0 Å². The average Bonchev–Trinajstić information content (AvgIpc) is 1.83. The molecule has 0 bridgehead atoms. The third-order valence-electron chi connectivity index (χ3n) is 0.364. The Balaban J connectivity index is 3.11. The molecule has 0 aromatic rings. The van der Waals surface area contributed by atoms with Crippen LogP contribution in [-0.2, 0) is 13.8 Å². The van der Waals surface area contributed by atoms with E-state index in [4.69, 9.17) is 5.26 Å². The Morgan fingerprint density at radius 2 is 2.50 bits per heavy atom. The summed E-state index contributed by atoms with van der Waals surface area (Å²) in [6, 6.07) is 0. The van der Waals surface area contributed by atoms with Crippen LogP contribution in [0.15, 0.2) is 12.7 Å². The SMILES string of the molecule is C=CCO[P+](=O)OO. The molecule has 1 atom stereocenters. The lowest BCUT2D eigenvalue weighted by molar-refractivity contribution is -0.141. The molecule has 0 fully saturated rings. The van der Waals surface area contributed by atoms with Crippen molar-refractivity contribution in [2.75, 3.05) is 6.61 Å². The molecule has 0 heterocycles. The predicted molar refractivity (Wildman–Crippen MR) is 27.5 cm³/mol. The van der Waals surface area contributed by atoms with E-state index < -0.39 is 8.25 Å². The molecule has 8 heavy (non-hydrogen) atoms. The molecule has 0 saturated carbocycles. The minimum absolute atomic E-state index is 0.107. The Kier molecular flexibility index (Phi) is 4.70. The maximum absolute atomic E-state index is 9.98. The van der Waals surface area contributed by atoms with Crippen LogP contribution in [0.1, 0.15) is 0 Å². The van der Waals surface area contributed by atoms with Crippen LogP contribution in [0.5, 0.6) is 0 Å². The van der Waals surface area contributed by atoms with Crippen molar-refractivity contribution in [1.29, 1.82) is 0 Å². The van der Waals surface area contributed by atoms with Gasteiger partial charge in [0, 0.05) is 4.57 Å². The molecule has 0 aliphatic heterocycles. The van der Waals surface area contributed by atoms with Crippen LogP contribution >= 0.6 is 8.25 Å². The molecular weight excluding hydrogens is 131 g/mol. The molecule has 0 aliphatic carbocycles. The summed E-state index contributed by atoms with van der Waals surface area (Å²) in [6.45, 7) is 3.38. The van der Waals surface area contributed by atoms with Crippen LogP contribution in [0.3, 0.4) is 0 Å². The first-order valence-corrected chi connectivity index (χ1v) is 2.93. The average molecular weight is 137 g/mol. The topological polar surface area (TPSA) is 55.8 Å². The molecule has 0 rings (SSSR count). The molecule has 5 heteroatoms. The van der Waals surface area contributed by atoms with Gasteiger partial charge in [-0.2, -0.15) is 0 Å². The second-order valence-electron chi connectivity index (χ2n) is 0.890. The Morgan fingerprint density at radius 1 is 1.88 bits per heavy atom. The van der Waals surface area contributed by atoms with Gasteiger partial charge in [-0.25, -0.2) is 5.26 Å². The summed E-state index contributed by atoms with van der Waals surface area (Å²) in [5.41, 5.74) is 0. The third kappa shape index (κ3) is 3.89. The van der Waals surface area contributed by atoms with Crippen molar-refractivity contribution in [2.45, 2.75) is 0 Å². The molecule has 0 saturated heterocycles. The van der Waals surface area contributed by atoms with Crippen molar-refractivity contribution in [1.82, 2.24) is 0 Å². The molecule has 4 nitrogen and oxygen atoms in total. The Labute approximate surface area is 47.6 Å². The standard InChI is InChI=1S/C3H5O4P/c1-2-3-6-8(5)7-4/h2H,1,3H2/p+1. The molecule has 0 radical (unpaired) electrons. The van der Waals surface area contributed by atoms with Crippen LogP contribution < -0.4 is 0 Å². The second kappa shape index (κ2) is 4.87. The van der Waals surface area contributed by atoms with Gasteiger partial charge in [0.1, 0.15) is 6.61 Å². The number of rotatable bonds is 4. The number of hydrogen-bond donors (Lipinski definition) is 1. The maximum atomic E-state index is 9.98. The van der Waals surface area contributed by atoms with Crippen molar-refractivity contribution in [2.24, 2.45) is 0 Å². The fourth-order valence-corrected chi connectivity index (χ4v) is 0.411. The normalized spacial score (nSPS) is 10.9. The predicted octanol–water partition coefficient (Wildman–Crippen LogP) is 1.34. The highest BCUT2D eigenvalue weighted by atomic mass is 31.1. The van der Waals surface area contributed by atoms with E-state index in [0.717, 1.165) is 0 Å². The van der Waals surface area contributed by atoms with Crippen molar-refractivity contribution >= 4 is 8.25 Å². The van der Waals surface area contributed by atoms with E-state index in [9.17, 15) is 4.57 Å². The summed E-state index contributed by atoms with van der Waals surface area (Å²) < 4.78 is 17.5. The Morgan fingerprint density at radius 3 is 2.88 bits per heavy atom. The lowest BCUT2D eigenvalue weighted by Gasteiger charge is -1.74. The zero-order valence-corrected chi connectivity index (χ0v) is 5.01. The first-order valence-electron chi connectivity index (χ1n) is 1.84. The number of hydrogen-bond acceptors (Lipinski definition) is 4. The fourth-order valence-electron chi connectivity index (χ4n) is 0.137. The summed E-state index contributed by atoms with van der Waals surface area (Å²) >= 11 is 0. The highest BCUT2D eigenvalue weighted by Crippen LogP contribution is 2.20. The lowest BCUT2D eigenvalue weighted by Crippen LogP contribution is -1.79. The van der Waals surface area contributed by atoms with Crippen molar-refractivity contribution in [3.8, 4) is 0 Å². The summed E-state index contributed by atoms with van der Waals surface area (Å²) in [7, 11) is -2.35. The van der Waals surface area contributed by atoms with Gasteiger partial charge in [0.25, 0.3) is 0 Å². The van der Waals surface area contributed by atoms with Crippen LogP contribution in [0.2, 0.25) is 0 Å². The van der Waals surface area contributed by atoms with Gasteiger partial charge in [0.15, 0.2) is 0 Å². The zero-order valence-electron chi connectivity index (χ0n) is 4.11. The molecule has 1 unspecified atom stereocenters. The molecule has 0 amide bonds. The van der Waals surface area contributed by atoms with E-state index in [-0.39, 0.29) is 6.61 Å². The minimum atomic E-state index is -2.35. The van der Waals surface area contributed by atoms with Crippen molar-refractivity contribution in [3.63, 3.8) is 0 Å². The Hall–Kier alpha value is -0.280. The van der Waals surface area contributed by atoms with Gasteiger partial charge in [-0.3, -0.25) is 0 Å². The van der Waals surface area contributed by atoms with E-state index in [2.05, 4.69) is 15.8 Å². The van der Waals surface area contributed by atoms with Crippen LogP contribution in [-0.4, -0.2) is 11.9 Å². The van der Waals surface area contributed by atoms with Crippen molar-refractivity contribution < 1.29 is 19.0 Å². The highest BCUT2D eigenvalue weighted by Gasteiger charge is 2.17. The lowest BCUT2D eigenvalue weighted by atomic mass is 10.7. The van der Waals surface area contributed by atoms with Crippen molar-refractivity contribution in [3.05, 3.63) is 12.7 Å². The van der Waals surface area contributed by atoms with Gasteiger partial charge in [-0.15, -0.1) is 11.1 Å². The summed E-state index contributed by atoms with van der Waals surface area (Å²) in [5.74, 6) is 0. The summed E-state index contributed by atoms with van der Waals surface area (Å²) in [6.07, 6.45) is 1.40. The Bertz CT molecular complexity index is 91.3. The molecule has 0 spiro atoms. The highest BCUT2D eigenvalue weighted by molar-refractivity contribution is 7.33. The molecule has 1 N–H and O–H groups in total. The smallest absolute Gasteiger partial charge is 0.202 e. The van der Waals surface area contributed by atoms with E-state index in [1.54, 1.807) is 0 Å². The maximum Gasteiger partial charge on any atom is 0.728 e. The molecular formula is C3H6O4P+. The zero-order chi connectivity index (χ0) is 6.41.